The Balaban J connectivity index is 2.22. The van der Waals surface area contributed by atoms with Crippen LogP contribution in [0.3, 0.4) is 0 Å². The lowest BCUT2D eigenvalue weighted by molar-refractivity contribution is 0.102. The summed E-state index contributed by atoms with van der Waals surface area (Å²) in [5.41, 5.74) is 6.10. The van der Waals surface area contributed by atoms with Crippen LogP contribution < -0.4 is 15.8 Å². The molecule has 2 aromatic rings. The number of nitrogens with two attached hydrogens (primary N) is 1. The molecule has 1 amide bonds. The number of nitrogen functional groups attached to an aromatic ring is 1. The van der Waals surface area contributed by atoms with Gasteiger partial charge in [0, 0.05) is 18.8 Å². The van der Waals surface area contributed by atoms with E-state index in [-0.39, 0.29) is 28.4 Å². The molecule has 8 nitrogen and oxygen atoms in total. The van der Waals surface area contributed by atoms with Crippen LogP contribution in [0.2, 0.25) is 5.15 Å². The normalized spacial score (nSPS) is 10.3. The molecule has 2 heterocycles. The van der Waals surface area contributed by atoms with Crippen molar-refractivity contribution >= 4 is 29.1 Å². The second-order valence-corrected chi connectivity index (χ2v) is 4.19. The van der Waals surface area contributed by atoms with Crippen LogP contribution in [0.15, 0.2) is 12.3 Å². The number of halogens is 1. The number of nitrogens with zero attached hydrogens (tertiary/aromatic N) is 4. The van der Waals surface area contributed by atoms with Gasteiger partial charge in [-0.15, -0.1) is 0 Å². The highest BCUT2D eigenvalue weighted by Gasteiger charge is 2.16. The minimum atomic E-state index is -0.515. The number of anilines is 2. The number of rotatable bonds is 4. The molecule has 0 saturated heterocycles. The zero-order chi connectivity index (χ0) is 14.7. The van der Waals surface area contributed by atoms with Crippen LogP contribution >= 0.6 is 11.6 Å². The fourth-order valence-electron chi connectivity index (χ4n) is 1.49. The van der Waals surface area contributed by atoms with Gasteiger partial charge in [-0.1, -0.05) is 11.6 Å². The van der Waals surface area contributed by atoms with E-state index in [4.69, 9.17) is 22.1 Å². The van der Waals surface area contributed by atoms with E-state index in [0.29, 0.717) is 6.54 Å². The predicted octanol–water partition coefficient (Wildman–Crippen LogP) is 1.19. The molecule has 3 N–H and O–H groups in total. The Bertz CT molecular complexity index is 642. The Hall–Kier alpha value is -2.35. The summed E-state index contributed by atoms with van der Waals surface area (Å²) >= 11 is 5.79. The molecule has 0 aromatic carbocycles. The number of methoxy groups -OCH3 is 1. The van der Waals surface area contributed by atoms with Crippen molar-refractivity contribution in [2.24, 2.45) is 0 Å². The number of ether oxygens (including phenoxy) is 1. The monoisotopic (exact) mass is 296 g/mol. The summed E-state index contributed by atoms with van der Waals surface area (Å²) in [5.74, 6) is -0.254. The number of amides is 1. The summed E-state index contributed by atoms with van der Waals surface area (Å²) in [4.78, 5) is 19.9. The standard InChI is InChI=1S/C11H13ClN6O2/c1-3-18-5-6(13)9(17-18)10(19)16-11-14-7(12)4-8(15-11)20-2/h4-5H,3,13H2,1-2H3,(H,14,15,16,19). The van der Waals surface area contributed by atoms with Gasteiger partial charge in [0.25, 0.3) is 5.91 Å². The molecule has 0 saturated carbocycles. The van der Waals surface area contributed by atoms with E-state index in [1.807, 2.05) is 6.92 Å². The number of aryl methyl sites for hydroxylation is 1. The molecule has 0 aliphatic carbocycles. The number of carbonyl (C=O) groups excluding carboxylic acids is 1. The van der Waals surface area contributed by atoms with E-state index in [0.717, 1.165) is 0 Å². The quantitative estimate of drug-likeness (QED) is 0.820. The molecule has 20 heavy (non-hydrogen) atoms. The molecule has 0 spiro atoms. The SMILES string of the molecule is CCn1cc(N)c(C(=O)Nc2nc(Cl)cc(OC)n2)n1. The van der Waals surface area contributed by atoms with Crippen molar-refractivity contribution in [3.05, 3.63) is 23.1 Å². The van der Waals surface area contributed by atoms with Crippen molar-refractivity contribution in [3.63, 3.8) is 0 Å². The van der Waals surface area contributed by atoms with E-state index in [1.165, 1.54) is 13.2 Å². The first-order valence-corrected chi connectivity index (χ1v) is 6.14. The topological polar surface area (TPSA) is 108 Å². The van der Waals surface area contributed by atoms with Crippen molar-refractivity contribution in [2.45, 2.75) is 13.5 Å². The van der Waals surface area contributed by atoms with Crippen LogP contribution in [0.25, 0.3) is 0 Å². The summed E-state index contributed by atoms with van der Waals surface area (Å²) in [6.07, 6.45) is 1.58. The van der Waals surface area contributed by atoms with Crippen LogP contribution in [0.5, 0.6) is 5.88 Å². The summed E-state index contributed by atoms with van der Waals surface area (Å²) < 4.78 is 6.50. The lowest BCUT2D eigenvalue weighted by Gasteiger charge is -2.04. The lowest BCUT2D eigenvalue weighted by Crippen LogP contribution is -2.16. The van der Waals surface area contributed by atoms with Crippen molar-refractivity contribution in [1.82, 2.24) is 19.7 Å². The molecular formula is C11H13ClN6O2. The molecule has 9 heteroatoms. The fraction of sp³-hybridized carbons (Fsp3) is 0.273. The van der Waals surface area contributed by atoms with E-state index >= 15 is 0 Å². The second-order valence-electron chi connectivity index (χ2n) is 3.80. The predicted molar refractivity (Wildman–Crippen MR) is 73.9 cm³/mol. The second kappa shape index (κ2) is 5.74. The maximum Gasteiger partial charge on any atom is 0.280 e. The van der Waals surface area contributed by atoms with Crippen molar-refractivity contribution in [3.8, 4) is 5.88 Å². The van der Waals surface area contributed by atoms with Gasteiger partial charge in [-0.25, -0.2) is 4.98 Å². The molecule has 0 fully saturated rings. The third-order valence-electron chi connectivity index (χ3n) is 2.43. The van der Waals surface area contributed by atoms with Crippen LogP contribution in [-0.4, -0.2) is 32.8 Å². The first kappa shape index (κ1) is 14.1. The average Bonchev–Trinajstić information content (AvgIpc) is 2.79. The number of hydrogen-bond donors (Lipinski definition) is 2. The minimum absolute atomic E-state index is 0.0183. The first-order chi connectivity index (χ1) is 9.53. The third kappa shape index (κ3) is 2.97. The molecular weight excluding hydrogens is 284 g/mol. The van der Waals surface area contributed by atoms with Gasteiger partial charge in [-0.2, -0.15) is 10.1 Å². The first-order valence-electron chi connectivity index (χ1n) is 5.76. The maximum absolute atomic E-state index is 12.0. The number of hydrogen-bond acceptors (Lipinski definition) is 6. The Kier molecular flexibility index (Phi) is 4.04. The van der Waals surface area contributed by atoms with Gasteiger partial charge < -0.3 is 10.5 Å². The highest BCUT2D eigenvalue weighted by atomic mass is 35.5. The van der Waals surface area contributed by atoms with Gasteiger partial charge in [-0.3, -0.25) is 14.8 Å². The van der Waals surface area contributed by atoms with Crippen molar-refractivity contribution in [2.75, 3.05) is 18.2 Å². The Morgan fingerprint density at radius 2 is 2.30 bits per heavy atom. The zero-order valence-corrected chi connectivity index (χ0v) is 11.7. The summed E-state index contributed by atoms with van der Waals surface area (Å²) in [5, 5.41) is 6.67. The van der Waals surface area contributed by atoms with E-state index in [1.54, 1.807) is 10.9 Å². The van der Waals surface area contributed by atoms with Gasteiger partial charge in [0.05, 0.1) is 12.8 Å². The molecule has 0 aliphatic rings. The molecule has 0 atom stereocenters. The Morgan fingerprint density at radius 3 is 2.90 bits per heavy atom. The molecule has 2 rings (SSSR count). The van der Waals surface area contributed by atoms with Crippen LogP contribution in [0, 0.1) is 0 Å². The van der Waals surface area contributed by atoms with Gasteiger partial charge in [0.2, 0.25) is 11.8 Å². The van der Waals surface area contributed by atoms with Crippen molar-refractivity contribution in [1.29, 1.82) is 0 Å². The lowest BCUT2D eigenvalue weighted by atomic mass is 10.3. The Labute approximate surface area is 119 Å². The maximum atomic E-state index is 12.0. The summed E-state index contributed by atoms with van der Waals surface area (Å²) in [6, 6.07) is 1.43. The number of aromatic nitrogens is 4. The fourth-order valence-corrected chi connectivity index (χ4v) is 1.67. The summed E-state index contributed by atoms with van der Waals surface area (Å²) in [6.45, 7) is 2.50. The summed E-state index contributed by atoms with van der Waals surface area (Å²) in [7, 11) is 1.44. The molecule has 2 aromatic heterocycles. The molecule has 0 radical (unpaired) electrons. The van der Waals surface area contributed by atoms with E-state index in [2.05, 4.69) is 20.4 Å². The van der Waals surface area contributed by atoms with Crippen LogP contribution in [0.4, 0.5) is 11.6 Å². The van der Waals surface area contributed by atoms with Gasteiger partial charge in [0.15, 0.2) is 5.69 Å². The van der Waals surface area contributed by atoms with Gasteiger partial charge in [-0.05, 0) is 6.92 Å². The highest BCUT2D eigenvalue weighted by Crippen LogP contribution is 2.17. The van der Waals surface area contributed by atoms with Crippen molar-refractivity contribution < 1.29 is 9.53 Å². The number of carbonyl (C=O) groups is 1. The third-order valence-corrected chi connectivity index (χ3v) is 2.63. The van der Waals surface area contributed by atoms with Gasteiger partial charge in [0.1, 0.15) is 5.15 Å². The van der Waals surface area contributed by atoms with Crippen LogP contribution in [-0.2, 0) is 6.54 Å². The smallest absolute Gasteiger partial charge is 0.280 e. The van der Waals surface area contributed by atoms with Gasteiger partial charge >= 0.3 is 0 Å². The molecule has 106 valence electrons. The van der Waals surface area contributed by atoms with Crippen LogP contribution in [0.1, 0.15) is 17.4 Å². The average molecular weight is 297 g/mol. The largest absolute Gasteiger partial charge is 0.481 e. The molecule has 0 bridgehead atoms. The molecule has 0 unspecified atom stereocenters. The Morgan fingerprint density at radius 1 is 1.55 bits per heavy atom. The zero-order valence-electron chi connectivity index (χ0n) is 10.9. The minimum Gasteiger partial charge on any atom is -0.481 e. The van der Waals surface area contributed by atoms with E-state index in [9.17, 15) is 4.79 Å². The highest BCUT2D eigenvalue weighted by molar-refractivity contribution is 6.29. The number of nitrogens with one attached hydrogen (secondary N) is 1. The molecule has 0 aliphatic heterocycles. The van der Waals surface area contributed by atoms with E-state index < -0.39 is 5.91 Å².